The van der Waals surface area contributed by atoms with Crippen LogP contribution in [0.5, 0.6) is 0 Å². The average Bonchev–Trinajstić information content (AvgIpc) is 2.99. The number of carbonyl (C=O) groups is 1. The van der Waals surface area contributed by atoms with Gasteiger partial charge in [0, 0.05) is 36.4 Å². The molecule has 1 atom stereocenters. The molecule has 0 bridgehead atoms. The van der Waals surface area contributed by atoms with E-state index in [2.05, 4.69) is 26.1 Å². The van der Waals surface area contributed by atoms with Crippen LogP contribution in [0, 0.1) is 13.8 Å². The van der Waals surface area contributed by atoms with Gasteiger partial charge in [-0.1, -0.05) is 15.9 Å². The van der Waals surface area contributed by atoms with E-state index in [1.807, 2.05) is 45.0 Å². The summed E-state index contributed by atoms with van der Waals surface area (Å²) >= 11 is 3.50. The second kappa shape index (κ2) is 8.83. The van der Waals surface area contributed by atoms with Crippen LogP contribution in [0.3, 0.4) is 0 Å². The standard InChI is InChI=1S/C18H28BrN3O2/c1-13-10-15(19)11-14(2)17(13)20-18(23)22(8-7-21(3)4)12-16-6-5-9-24-16/h10-11,16H,5-9,12H2,1-4H3,(H,20,23)/t16-/m0/s1. The smallest absolute Gasteiger partial charge is 0.321 e. The van der Waals surface area contributed by atoms with E-state index in [-0.39, 0.29) is 12.1 Å². The fraction of sp³-hybridized carbons (Fsp3) is 0.611. The Balaban J connectivity index is 2.08. The zero-order valence-corrected chi connectivity index (χ0v) is 16.6. The zero-order valence-electron chi connectivity index (χ0n) is 15.1. The largest absolute Gasteiger partial charge is 0.376 e. The van der Waals surface area contributed by atoms with E-state index in [4.69, 9.17) is 4.74 Å². The third-order valence-corrected chi connectivity index (χ3v) is 4.74. The van der Waals surface area contributed by atoms with Crippen LogP contribution in [0.2, 0.25) is 0 Å². The highest BCUT2D eigenvalue weighted by Crippen LogP contribution is 2.25. The number of nitrogens with zero attached hydrogens (tertiary/aromatic N) is 2. The first kappa shape index (κ1) is 19.2. The van der Waals surface area contributed by atoms with Crippen LogP contribution < -0.4 is 5.32 Å². The molecular weight excluding hydrogens is 370 g/mol. The normalized spacial score (nSPS) is 17.3. The molecule has 0 unspecified atom stereocenters. The highest BCUT2D eigenvalue weighted by molar-refractivity contribution is 9.10. The molecule has 1 fully saturated rings. The van der Waals surface area contributed by atoms with Crippen molar-refractivity contribution in [2.45, 2.75) is 32.8 Å². The van der Waals surface area contributed by atoms with Gasteiger partial charge in [-0.05, 0) is 64.0 Å². The summed E-state index contributed by atoms with van der Waals surface area (Å²) in [6, 6.07) is 3.99. The van der Waals surface area contributed by atoms with Gasteiger partial charge in [0.15, 0.2) is 0 Å². The SMILES string of the molecule is Cc1cc(Br)cc(C)c1NC(=O)N(CCN(C)C)C[C@@H]1CCCO1. The molecule has 2 amide bonds. The van der Waals surface area contributed by atoms with Gasteiger partial charge in [0.1, 0.15) is 0 Å². The molecule has 0 spiro atoms. The van der Waals surface area contributed by atoms with Crippen LogP contribution >= 0.6 is 15.9 Å². The molecular formula is C18H28BrN3O2. The molecule has 1 N–H and O–H groups in total. The van der Waals surface area contributed by atoms with Crippen LogP contribution in [0.4, 0.5) is 10.5 Å². The maximum Gasteiger partial charge on any atom is 0.321 e. The van der Waals surface area contributed by atoms with E-state index in [0.29, 0.717) is 13.1 Å². The molecule has 0 saturated carbocycles. The molecule has 5 nitrogen and oxygen atoms in total. The zero-order chi connectivity index (χ0) is 17.7. The van der Waals surface area contributed by atoms with Gasteiger partial charge in [0.25, 0.3) is 0 Å². The number of rotatable bonds is 6. The summed E-state index contributed by atoms with van der Waals surface area (Å²) < 4.78 is 6.74. The van der Waals surface area contributed by atoms with Crippen LogP contribution in [-0.4, -0.2) is 62.3 Å². The van der Waals surface area contributed by atoms with Gasteiger partial charge in [-0.15, -0.1) is 0 Å². The second-order valence-electron chi connectivity index (χ2n) is 6.73. The average molecular weight is 398 g/mol. The second-order valence-corrected chi connectivity index (χ2v) is 7.64. The van der Waals surface area contributed by atoms with Crippen molar-refractivity contribution in [2.24, 2.45) is 0 Å². The Morgan fingerprint density at radius 2 is 1.96 bits per heavy atom. The van der Waals surface area contributed by atoms with E-state index in [1.165, 1.54) is 0 Å². The molecule has 24 heavy (non-hydrogen) atoms. The van der Waals surface area contributed by atoms with Crippen molar-refractivity contribution in [3.8, 4) is 0 Å². The van der Waals surface area contributed by atoms with Crippen molar-refractivity contribution in [3.63, 3.8) is 0 Å². The van der Waals surface area contributed by atoms with Gasteiger partial charge in [0.2, 0.25) is 0 Å². The number of likely N-dealkylation sites (N-methyl/N-ethyl adjacent to an activating group) is 1. The molecule has 1 aromatic carbocycles. The number of halogens is 1. The number of aryl methyl sites for hydroxylation is 2. The Kier molecular flexibility index (Phi) is 7.07. The third kappa shape index (κ3) is 5.46. The van der Waals surface area contributed by atoms with Crippen molar-refractivity contribution in [1.82, 2.24) is 9.80 Å². The Hall–Kier alpha value is -1.11. The highest BCUT2D eigenvalue weighted by atomic mass is 79.9. The number of anilines is 1. The minimum Gasteiger partial charge on any atom is -0.376 e. The summed E-state index contributed by atoms with van der Waals surface area (Å²) in [5.41, 5.74) is 3.00. The molecule has 1 aliphatic rings. The van der Waals surface area contributed by atoms with Crippen LogP contribution in [-0.2, 0) is 4.74 Å². The number of amides is 2. The summed E-state index contributed by atoms with van der Waals surface area (Å²) in [6.45, 7) is 6.99. The summed E-state index contributed by atoms with van der Waals surface area (Å²) in [5, 5.41) is 3.10. The van der Waals surface area contributed by atoms with Crippen LogP contribution in [0.1, 0.15) is 24.0 Å². The molecule has 0 aromatic heterocycles. The first-order valence-corrected chi connectivity index (χ1v) is 9.25. The lowest BCUT2D eigenvalue weighted by molar-refractivity contribution is 0.0820. The molecule has 1 aliphatic heterocycles. The molecule has 6 heteroatoms. The summed E-state index contributed by atoms with van der Waals surface area (Å²) in [4.78, 5) is 16.8. The lowest BCUT2D eigenvalue weighted by atomic mass is 10.1. The Bertz CT molecular complexity index is 548. The summed E-state index contributed by atoms with van der Waals surface area (Å²) in [7, 11) is 4.04. The van der Waals surface area contributed by atoms with Crippen molar-refractivity contribution >= 4 is 27.6 Å². The van der Waals surface area contributed by atoms with E-state index >= 15 is 0 Å². The van der Waals surface area contributed by atoms with Gasteiger partial charge < -0.3 is 19.9 Å². The summed E-state index contributed by atoms with van der Waals surface area (Å²) in [6.07, 6.45) is 2.27. The minimum absolute atomic E-state index is 0.0547. The van der Waals surface area contributed by atoms with Gasteiger partial charge in [-0.25, -0.2) is 4.79 Å². The lowest BCUT2D eigenvalue weighted by Gasteiger charge is -2.27. The Morgan fingerprint density at radius 1 is 1.29 bits per heavy atom. The highest BCUT2D eigenvalue weighted by Gasteiger charge is 2.23. The molecule has 1 heterocycles. The van der Waals surface area contributed by atoms with E-state index in [0.717, 1.165) is 47.3 Å². The molecule has 0 radical (unpaired) electrons. The maximum absolute atomic E-state index is 12.8. The predicted octanol–water partition coefficient (Wildman–Crippen LogP) is 3.64. The topological polar surface area (TPSA) is 44.8 Å². The molecule has 2 rings (SSSR count). The van der Waals surface area contributed by atoms with Gasteiger partial charge >= 0.3 is 6.03 Å². The summed E-state index contributed by atoms with van der Waals surface area (Å²) in [5.74, 6) is 0. The fourth-order valence-electron chi connectivity index (χ4n) is 2.92. The molecule has 0 aliphatic carbocycles. The molecule has 1 saturated heterocycles. The van der Waals surface area contributed by atoms with Crippen molar-refractivity contribution in [2.75, 3.05) is 45.7 Å². The number of nitrogens with one attached hydrogen (secondary N) is 1. The van der Waals surface area contributed by atoms with Crippen molar-refractivity contribution in [1.29, 1.82) is 0 Å². The van der Waals surface area contributed by atoms with Crippen molar-refractivity contribution in [3.05, 3.63) is 27.7 Å². The molecule has 134 valence electrons. The number of carbonyl (C=O) groups excluding carboxylic acids is 1. The predicted molar refractivity (Wildman–Crippen MR) is 102 cm³/mol. The maximum atomic E-state index is 12.8. The minimum atomic E-state index is -0.0547. The van der Waals surface area contributed by atoms with Gasteiger partial charge in [-0.2, -0.15) is 0 Å². The van der Waals surface area contributed by atoms with E-state index < -0.39 is 0 Å². The quantitative estimate of drug-likeness (QED) is 0.796. The first-order chi connectivity index (χ1) is 11.4. The number of hydrogen-bond acceptors (Lipinski definition) is 3. The number of benzene rings is 1. The van der Waals surface area contributed by atoms with Crippen LogP contribution in [0.25, 0.3) is 0 Å². The van der Waals surface area contributed by atoms with Gasteiger partial charge in [0.05, 0.1) is 6.10 Å². The monoisotopic (exact) mass is 397 g/mol. The fourth-order valence-corrected chi connectivity index (χ4v) is 3.61. The number of hydrogen-bond donors (Lipinski definition) is 1. The molecule has 1 aromatic rings. The first-order valence-electron chi connectivity index (χ1n) is 8.46. The van der Waals surface area contributed by atoms with Crippen molar-refractivity contribution < 1.29 is 9.53 Å². The van der Waals surface area contributed by atoms with E-state index in [9.17, 15) is 4.79 Å². The Morgan fingerprint density at radius 3 is 2.50 bits per heavy atom. The number of urea groups is 1. The van der Waals surface area contributed by atoms with E-state index in [1.54, 1.807) is 0 Å². The third-order valence-electron chi connectivity index (χ3n) is 4.28. The Labute approximate surface area is 153 Å². The van der Waals surface area contributed by atoms with Crippen LogP contribution in [0.15, 0.2) is 16.6 Å². The lowest BCUT2D eigenvalue weighted by Crippen LogP contribution is -2.43. The van der Waals surface area contributed by atoms with Gasteiger partial charge in [-0.3, -0.25) is 0 Å². The number of ether oxygens (including phenoxy) is 1.